The molecular formula is C24H37Cl3N4O6. The molecule has 1 rings (SSSR count). The van der Waals surface area contributed by atoms with Gasteiger partial charge in [-0.15, -0.1) is 6.58 Å². The molecule has 13 heteroatoms. The number of allylic oxidation sites excluding steroid dienone is 2. The van der Waals surface area contributed by atoms with Crippen molar-refractivity contribution in [3.63, 3.8) is 0 Å². The van der Waals surface area contributed by atoms with Crippen molar-refractivity contribution in [2.75, 3.05) is 20.3 Å². The van der Waals surface area contributed by atoms with Crippen LogP contribution in [0.15, 0.2) is 23.9 Å². The molecule has 37 heavy (non-hydrogen) atoms. The molecule has 0 unspecified atom stereocenters. The van der Waals surface area contributed by atoms with E-state index >= 15 is 0 Å². The van der Waals surface area contributed by atoms with E-state index in [0.29, 0.717) is 37.8 Å². The van der Waals surface area contributed by atoms with Crippen molar-refractivity contribution in [3.05, 3.63) is 23.9 Å². The highest BCUT2D eigenvalue weighted by Gasteiger charge is 2.33. The second-order valence-corrected chi connectivity index (χ2v) is 11.5. The first-order chi connectivity index (χ1) is 17.2. The fourth-order valence-electron chi connectivity index (χ4n) is 3.60. The van der Waals surface area contributed by atoms with Crippen LogP contribution in [0.25, 0.3) is 0 Å². The Morgan fingerprint density at radius 1 is 1.22 bits per heavy atom. The van der Waals surface area contributed by atoms with E-state index in [2.05, 4.69) is 22.6 Å². The van der Waals surface area contributed by atoms with Crippen molar-refractivity contribution in [2.24, 2.45) is 5.92 Å². The van der Waals surface area contributed by atoms with E-state index in [9.17, 15) is 19.2 Å². The van der Waals surface area contributed by atoms with Gasteiger partial charge in [-0.3, -0.25) is 24.2 Å². The number of carbonyl (C=O) groups excluding carboxylic acids is 4. The molecular weight excluding hydrogens is 547 g/mol. The standard InChI is InChI=1S/C24H37Cl3N4O6/c1-7-8-11-18(36-6)15(4)20(32)29-19(14(2)3)21(33)28-16(5)22(34)31-12-9-10-17(30-31)23(35)37-13-24(25,26)27/h7,15-18,30H,1,8-13H2,2-6H3,(H,28,33)(H,29,32)/t15-,16+,17+,18-/m1/s1. The summed E-state index contributed by atoms with van der Waals surface area (Å²) in [6.07, 6.45) is 3.63. The van der Waals surface area contributed by atoms with Crippen LogP contribution in [-0.2, 0) is 28.7 Å². The van der Waals surface area contributed by atoms with Crippen molar-refractivity contribution in [2.45, 2.75) is 75.4 Å². The van der Waals surface area contributed by atoms with Crippen molar-refractivity contribution < 1.29 is 28.7 Å². The van der Waals surface area contributed by atoms with E-state index in [4.69, 9.17) is 44.3 Å². The van der Waals surface area contributed by atoms with Gasteiger partial charge in [0.15, 0.2) is 0 Å². The van der Waals surface area contributed by atoms with Crippen LogP contribution in [0.1, 0.15) is 53.4 Å². The number of ether oxygens (including phenoxy) is 2. The fraction of sp³-hybridized carbons (Fsp3) is 0.667. The minimum atomic E-state index is -1.75. The third-order valence-electron chi connectivity index (χ3n) is 5.74. The average Bonchev–Trinajstić information content (AvgIpc) is 2.84. The minimum absolute atomic E-state index is 0.0508. The van der Waals surface area contributed by atoms with Crippen LogP contribution in [0.3, 0.4) is 0 Å². The fourth-order valence-corrected chi connectivity index (χ4v) is 3.77. The van der Waals surface area contributed by atoms with Crippen LogP contribution < -0.4 is 16.1 Å². The minimum Gasteiger partial charge on any atom is -0.460 e. The largest absolute Gasteiger partial charge is 0.460 e. The first-order valence-electron chi connectivity index (χ1n) is 12.0. The molecule has 0 aromatic carbocycles. The van der Waals surface area contributed by atoms with Gasteiger partial charge in [0.2, 0.25) is 9.70 Å². The molecule has 3 amide bonds. The van der Waals surface area contributed by atoms with Gasteiger partial charge < -0.3 is 20.1 Å². The molecule has 10 nitrogen and oxygen atoms in total. The van der Waals surface area contributed by atoms with E-state index in [1.54, 1.807) is 26.8 Å². The maximum Gasteiger partial charge on any atom is 0.325 e. The van der Waals surface area contributed by atoms with Crippen molar-refractivity contribution in [3.8, 4) is 0 Å². The number of halogens is 3. The number of amides is 3. The molecule has 1 saturated heterocycles. The Morgan fingerprint density at radius 2 is 1.86 bits per heavy atom. The van der Waals surface area contributed by atoms with Gasteiger partial charge in [0.1, 0.15) is 24.4 Å². The Labute approximate surface area is 233 Å². The first kappa shape index (κ1) is 33.2. The van der Waals surface area contributed by atoms with Gasteiger partial charge in [-0.05, 0) is 52.0 Å². The van der Waals surface area contributed by atoms with E-state index < -0.39 is 46.2 Å². The Balaban J connectivity index is 2.78. The highest BCUT2D eigenvalue weighted by atomic mass is 35.6. The van der Waals surface area contributed by atoms with Gasteiger partial charge >= 0.3 is 5.97 Å². The molecule has 1 aliphatic heterocycles. The zero-order valence-electron chi connectivity index (χ0n) is 21.9. The molecule has 4 atom stereocenters. The van der Waals surface area contributed by atoms with Crippen LogP contribution in [0.4, 0.5) is 0 Å². The van der Waals surface area contributed by atoms with Crippen molar-refractivity contribution in [1.82, 2.24) is 21.1 Å². The van der Waals surface area contributed by atoms with Crippen LogP contribution in [0, 0.1) is 5.92 Å². The number of nitrogens with one attached hydrogen (secondary N) is 3. The lowest BCUT2D eigenvalue weighted by atomic mass is 9.99. The van der Waals surface area contributed by atoms with Crippen molar-refractivity contribution in [1.29, 1.82) is 0 Å². The zero-order valence-corrected chi connectivity index (χ0v) is 24.1. The summed E-state index contributed by atoms with van der Waals surface area (Å²) in [5, 5.41) is 6.53. The predicted molar refractivity (Wildman–Crippen MR) is 143 cm³/mol. The number of hydrazine groups is 1. The molecule has 210 valence electrons. The molecule has 0 saturated carbocycles. The molecule has 1 heterocycles. The summed E-state index contributed by atoms with van der Waals surface area (Å²) in [6.45, 7) is 10.2. The van der Waals surface area contributed by atoms with E-state index in [-0.39, 0.29) is 17.7 Å². The third kappa shape index (κ3) is 11.2. The molecule has 1 aliphatic rings. The lowest BCUT2D eigenvalue weighted by Crippen LogP contribution is -2.59. The molecule has 0 spiro atoms. The quantitative estimate of drug-likeness (QED) is 0.140. The monoisotopic (exact) mass is 582 g/mol. The summed E-state index contributed by atoms with van der Waals surface area (Å²) < 4.78 is 8.67. The summed E-state index contributed by atoms with van der Waals surface area (Å²) in [5.41, 5.74) is 3.42. The van der Waals surface area contributed by atoms with Gasteiger partial charge in [-0.2, -0.15) is 0 Å². The molecule has 1 fully saturated rings. The molecule has 3 N–H and O–H groups in total. The second kappa shape index (κ2) is 15.5. The van der Waals surface area contributed by atoms with E-state index in [0.717, 1.165) is 0 Å². The Bertz CT molecular complexity index is 873. The van der Waals surface area contributed by atoms with Gasteiger partial charge in [0.05, 0.1) is 12.0 Å². The Hall–Kier alpha value is -1.85. The summed E-state index contributed by atoms with van der Waals surface area (Å²) in [7, 11) is 1.53. The SMILES string of the molecule is C=CCC[C@@H](OC)[C@@H](C)C(=O)NC(C(=O)N[C@@H](C)C(=O)N1CCC[C@@H](C(=O)OCC(Cl)(Cl)Cl)N1)=C(C)C. The maximum atomic E-state index is 13.0. The van der Waals surface area contributed by atoms with Gasteiger partial charge in [0.25, 0.3) is 11.8 Å². The predicted octanol–water partition coefficient (Wildman–Crippen LogP) is 2.93. The lowest BCUT2D eigenvalue weighted by Gasteiger charge is -2.34. The van der Waals surface area contributed by atoms with E-state index in [1.807, 2.05) is 0 Å². The summed E-state index contributed by atoms with van der Waals surface area (Å²) in [5.74, 6) is -2.65. The maximum absolute atomic E-state index is 13.0. The smallest absolute Gasteiger partial charge is 0.325 e. The molecule has 0 bridgehead atoms. The number of methoxy groups -OCH3 is 1. The number of hydrogen-bond donors (Lipinski definition) is 3. The summed E-state index contributed by atoms with van der Waals surface area (Å²) in [6, 6.07) is -1.77. The molecule has 0 radical (unpaired) electrons. The van der Waals surface area contributed by atoms with Gasteiger partial charge in [-0.1, -0.05) is 47.8 Å². The van der Waals surface area contributed by atoms with Gasteiger partial charge in [0, 0.05) is 13.7 Å². The molecule has 0 aliphatic carbocycles. The molecule has 0 aromatic heterocycles. The number of esters is 1. The lowest BCUT2D eigenvalue weighted by molar-refractivity contribution is -0.152. The topological polar surface area (TPSA) is 126 Å². The van der Waals surface area contributed by atoms with Crippen LogP contribution in [-0.4, -0.2) is 70.9 Å². The summed E-state index contributed by atoms with van der Waals surface area (Å²) in [4.78, 5) is 51.1. The normalized spacial score (nSPS) is 18.2. The van der Waals surface area contributed by atoms with Crippen LogP contribution >= 0.6 is 34.8 Å². The van der Waals surface area contributed by atoms with Crippen molar-refractivity contribution >= 4 is 58.5 Å². The van der Waals surface area contributed by atoms with Crippen LogP contribution in [0.5, 0.6) is 0 Å². The highest BCUT2D eigenvalue weighted by Crippen LogP contribution is 2.26. The zero-order chi connectivity index (χ0) is 28.3. The molecule has 0 aromatic rings. The Morgan fingerprint density at radius 3 is 2.41 bits per heavy atom. The summed E-state index contributed by atoms with van der Waals surface area (Å²) >= 11 is 16.8. The Kier molecular flexibility index (Phi) is 13.9. The first-order valence-corrected chi connectivity index (χ1v) is 13.1. The highest BCUT2D eigenvalue weighted by molar-refractivity contribution is 6.67. The number of rotatable bonds is 12. The van der Waals surface area contributed by atoms with Gasteiger partial charge in [-0.25, -0.2) is 5.43 Å². The van der Waals surface area contributed by atoms with E-state index in [1.165, 1.54) is 19.0 Å². The number of alkyl halides is 3. The number of carbonyl (C=O) groups is 4. The third-order valence-corrected chi connectivity index (χ3v) is 6.06. The second-order valence-electron chi connectivity index (χ2n) is 9.02. The van der Waals surface area contributed by atoms with Crippen LogP contribution in [0.2, 0.25) is 0 Å². The number of nitrogens with zero attached hydrogens (tertiary/aromatic N) is 1. The number of hydrogen-bond acceptors (Lipinski definition) is 7. The average molecular weight is 584 g/mol.